The van der Waals surface area contributed by atoms with Crippen LogP contribution < -0.4 is 5.32 Å². The van der Waals surface area contributed by atoms with Gasteiger partial charge in [-0.2, -0.15) is 0 Å². The smallest absolute Gasteiger partial charge is 0.241 e. The number of hydrogen-bond donors (Lipinski definition) is 1. The predicted octanol–water partition coefficient (Wildman–Crippen LogP) is 0.780. The summed E-state index contributed by atoms with van der Waals surface area (Å²) in [5.41, 5.74) is 0. The van der Waals surface area contributed by atoms with Gasteiger partial charge < -0.3 is 4.90 Å². The van der Waals surface area contributed by atoms with Gasteiger partial charge in [-0.15, -0.1) is 0 Å². The molecule has 2 saturated heterocycles. The van der Waals surface area contributed by atoms with E-state index in [1.807, 2.05) is 6.92 Å². The van der Waals surface area contributed by atoms with E-state index in [9.17, 15) is 4.79 Å². The van der Waals surface area contributed by atoms with Crippen LogP contribution in [0.4, 0.5) is 0 Å². The van der Waals surface area contributed by atoms with Crippen molar-refractivity contribution in [3.8, 4) is 0 Å². The summed E-state index contributed by atoms with van der Waals surface area (Å²) in [5, 5.41) is 3.40. The van der Waals surface area contributed by atoms with E-state index in [2.05, 4.69) is 22.0 Å². The highest BCUT2D eigenvalue weighted by molar-refractivity contribution is 5.84. The van der Waals surface area contributed by atoms with Crippen LogP contribution in [-0.4, -0.2) is 53.1 Å². The molecule has 2 heterocycles. The van der Waals surface area contributed by atoms with Gasteiger partial charge in [0.25, 0.3) is 0 Å². The van der Waals surface area contributed by atoms with Crippen LogP contribution >= 0.6 is 0 Å². The molecule has 4 nitrogen and oxygen atoms in total. The van der Waals surface area contributed by atoms with Gasteiger partial charge in [0.1, 0.15) is 0 Å². The van der Waals surface area contributed by atoms with E-state index < -0.39 is 0 Å². The molecule has 1 amide bonds. The van der Waals surface area contributed by atoms with Crippen molar-refractivity contribution in [2.24, 2.45) is 0 Å². The Morgan fingerprint density at radius 1 is 1.29 bits per heavy atom. The van der Waals surface area contributed by atoms with Crippen molar-refractivity contribution in [1.29, 1.82) is 0 Å². The van der Waals surface area contributed by atoms with Crippen LogP contribution in [0.2, 0.25) is 0 Å². The number of carbonyl (C=O) groups is 1. The summed E-state index contributed by atoms with van der Waals surface area (Å²) in [7, 11) is 0. The molecular weight excluding hydrogens is 214 g/mol. The molecule has 4 heteroatoms. The lowest BCUT2D eigenvalue weighted by atomic mass is 10.2. The normalized spacial score (nSPS) is 39.3. The highest BCUT2D eigenvalue weighted by atomic mass is 16.2. The number of hydrogen-bond acceptors (Lipinski definition) is 3. The molecule has 0 bridgehead atoms. The van der Waals surface area contributed by atoms with E-state index in [0.717, 1.165) is 25.4 Å². The maximum absolute atomic E-state index is 12.2. The van der Waals surface area contributed by atoms with Gasteiger partial charge in [0, 0.05) is 25.2 Å². The van der Waals surface area contributed by atoms with Crippen molar-refractivity contribution in [3.63, 3.8) is 0 Å². The summed E-state index contributed by atoms with van der Waals surface area (Å²) >= 11 is 0. The fourth-order valence-electron chi connectivity index (χ4n) is 3.33. The molecular formula is C13H23N3O. The minimum atomic E-state index is 0.00919. The first-order chi connectivity index (χ1) is 8.20. The van der Waals surface area contributed by atoms with Crippen LogP contribution in [0.5, 0.6) is 0 Å². The van der Waals surface area contributed by atoms with Gasteiger partial charge in [0.05, 0.1) is 12.2 Å². The van der Waals surface area contributed by atoms with Crippen LogP contribution in [0.3, 0.4) is 0 Å². The zero-order valence-corrected chi connectivity index (χ0v) is 10.9. The van der Waals surface area contributed by atoms with Crippen LogP contribution in [-0.2, 0) is 4.79 Å². The SMILES string of the molecule is CCC1NC(C)C(=O)N1C1CCN(C2CC2)C1. The lowest BCUT2D eigenvalue weighted by Gasteiger charge is -2.29. The molecule has 3 aliphatic rings. The molecule has 3 unspecified atom stereocenters. The Morgan fingerprint density at radius 3 is 2.71 bits per heavy atom. The highest BCUT2D eigenvalue weighted by Gasteiger charge is 2.43. The van der Waals surface area contributed by atoms with E-state index in [1.165, 1.54) is 19.4 Å². The van der Waals surface area contributed by atoms with Crippen LogP contribution in [0.15, 0.2) is 0 Å². The van der Waals surface area contributed by atoms with E-state index in [-0.39, 0.29) is 12.2 Å². The first-order valence-corrected chi connectivity index (χ1v) is 7.03. The summed E-state index contributed by atoms with van der Waals surface area (Å²) < 4.78 is 0. The van der Waals surface area contributed by atoms with Gasteiger partial charge >= 0.3 is 0 Å². The average molecular weight is 237 g/mol. The molecule has 0 aromatic rings. The Morgan fingerprint density at radius 2 is 2.06 bits per heavy atom. The Hall–Kier alpha value is -0.610. The average Bonchev–Trinajstić information content (AvgIpc) is 3.00. The highest BCUT2D eigenvalue weighted by Crippen LogP contribution is 2.32. The summed E-state index contributed by atoms with van der Waals surface area (Å²) in [6, 6.07) is 1.29. The number of rotatable bonds is 3. The molecule has 1 N–H and O–H groups in total. The van der Waals surface area contributed by atoms with E-state index in [4.69, 9.17) is 0 Å². The van der Waals surface area contributed by atoms with Crippen molar-refractivity contribution in [1.82, 2.24) is 15.1 Å². The fourth-order valence-corrected chi connectivity index (χ4v) is 3.33. The summed E-state index contributed by atoms with van der Waals surface area (Å²) in [6.07, 6.45) is 5.17. The van der Waals surface area contributed by atoms with E-state index in [0.29, 0.717) is 11.9 Å². The van der Waals surface area contributed by atoms with Gasteiger partial charge in [-0.3, -0.25) is 15.0 Å². The first-order valence-electron chi connectivity index (χ1n) is 7.03. The van der Waals surface area contributed by atoms with Gasteiger partial charge in [-0.1, -0.05) is 6.92 Å². The number of likely N-dealkylation sites (tertiary alicyclic amines) is 1. The molecule has 3 rings (SSSR count). The maximum Gasteiger partial charge on any atom is 0.241 e. The predicted molar refractivity (Wildman–Crippen MR) is 66.5 cm³/mol. The molecule has 1 aliphatic carbocycles. The maximum atomic E-state index is 12.2. The zero-order chi connectivity index (χ0) is 12.0. The second kappa shape index (κ2) is 4.25. The second-order valence-electron chi connectivity index (χ2n) is 5.73. The van der Waals surface area contributed by atoms with Crippen molar-refractivity contribution >= 4 is 5.91 Å². The molecule has 3 fully saturated rings. The molecule has 96 valence electrons. The molecule has 0 spiro atoms. The third-order valence-corrected chi connectivity index (χ3v) is 4.44. The van der Waals surface area contributed by atoms with Crippen LogP contribution in [0.1, 0.15) is 39.5 Å². The van der Waals surface area contributed by atoms with E-state index in [1.54, 1.807) is 0 Å². The molecule has 0 aromatic carbocycles. The Balaban J connectivity index is 1.68. The molecule has 0 radical (unpaired) electrons. The minimum Gasteiger partial charge on any atom is -0.321 e. The minimum absolute atomic E-state index is 0.00919. The number of nitrogens with zero attached hydrogens (tertiary/aromatic N) is 2. The van der Waals surface area contributed by atoms with Crippen molar-refractivity contribution in [2.45, 2.75) is 63.8 Å². The van der Waals surface area contributed by atoms with Crippen molar-refractivity contribution in [3.05, 3.63) is 0 Å². The number of nitrogens with one attached hydrogen (secondary N) is 1. The summed E-state index contributed by atoms with van der Waals surface area (Å²) in [5.74, 6) is 0.305. The largest absolute Gasteiger partial charge is 0.321 e. The number of amides is 1. The van der Waals surface area contributed by atoms with Crippen molar-refractivity contribution in [2.75, 3.05) is 13.1 Å². The second-order valence-corrected chi connectivity index (χ2v) is 5.73. The standard InChI is InChI=1S/C13H23N3O/c1-3-12-14-9(2)13(17)16(12)11-6-7-15(8-11)10-4-5-10/h9-12,14H,3-8H2,1-2H3. The first kappa shape index (κ1) is 11.5. The van der Waals surface area contributed by atoms with Crippen LogP contribution in [0.25, 0.3) is 0 Å². The monoisotopic (exact) mass is 237 g/mol. The quantitative estimate of drug-likeness (QED) is 0.788. The van der Waals surface area contributed by atoms with Gasteiger partial charge in [-0.05, 0) is 32.6 Å². The molecule has 0 aromatic heterocycles. The van der Waals surface area contributed by atoms with Crippen molar-refractivity contribution < 1.29 is 4.79 Å². The molecule has 3 atom stereocenters. The molecule has 2 aliphatic heterocycles. The van der Waals surface area contributed by atoms with Gasteiger partial charge in [0.15, 0.2) is 0 Å². The number of carbonyl (C=O) groups excluding carboxylic acids is 1. The lowest BCUT2D eigenvalue weighted by Crippen LogP contribution is -2.45. The molecule has 17 heavy (non-hydrogen) atoms. The summed E-state index contributed by atoms with van der Waals surface area (Å²) in [6.45, 7) is 6.42. The Labute approximate surface area is 103 Å². The lowest BCUT2D eigenvalue weighted by molar-refractivity contribution is -0.131. The Bertz CT molecular complexity index is 316. The summed E-state index contributed by atoms with van der Waals surface area (Å²) in [4.78, 5) is 16.9. The Kier molecular flexibility index (Phi) is 2.87. The van der Waals surface area contributed by atoms with Crippen LogP contribution in [0, 0.1) is 0 Å². The van der Waals surface area contributed by atoms with E-state index >= 15 is 0 Å². The zero-order valence-electron chi connectivity index (χ0n) is 10.9. The van der Waals surface area contributed by atoms with Gasteiger partial charge in [0.2, 0.25) is 5.91 Å². The fraction of sp³-hybridized carbons (Fsp3) is 0.923. The van der Waals surface area contributed by atoms with Gasteiger partial charge in [-0.25, -0.2) is 0 Å². The molecule has 1 saturated carbocycles. The third kappa shape index (κ3) is 1.97. The topological polar surface area (TPSA) is 35.6 Å². The third-order valence-electron chi connectivity index (χ3n) is 4.44.